The van der Waals surface area contributed by atoms with Crippen LogP contribution in [0.25, 0.3) is 11.4 Å². The molecule has 2 N–H and O–H groups in total. The summed E-state index contributed by atoms with van der Waals surface area (Å²) in [5.74, 6) is 0.625. The number of aromatic nitrogens is 3. The molecule has 1 amide bonds. The van der Waals surface area contributed by atoms with Crippen molar-refractivity contribution in [1.29, 1.82) is 0 Å². The van der Waals surface area contributed by atoms with E-state index in [1.165, 1.54) is 25.1 Å². The Kier molecular flexibility index (Phi) is 7.94. The molecule has 31 heavy (non-hydrogen) atoms. The van der Waals surface area contributed by atoms with E-state index in [0.717, 1.165) is 11.4 Å². The van der Waals surface area contributed by atoms with Crippen LogP contribution in [0.4, 0.5) is 0 Å². The summed E-state index contributed by atoms with van der Waals surface area (Å²) in [5.41, 5.74) is 4.03. The van der Waals surface area contributed by atoms with E-state index in [4.69, 9.17) is 16.3 Å². The summed E-state index contributed by atoms with van der Waals surface area (Å²) in [6.45, 7) is 2.69. The van der Waals surface area contributed by atoms with Crippen LogP contribution >= 0.6 is 39.3 Å². The highest BCUT2D eigenvalue weighted by atomic mass is 79.9. The van der Waals surface area contributed by atoms with Gasteiger partial charge in [-0.3, -0.25) is 4.79 Å². The van der Waals surface area contributed by atoms with Crippen molar-refractivity contribution in [3.8, 4) is 22.9 Å². The van der Waals surface area contributed by atoms with Gasteiger partial charge in [0.15, 0.2) is 0 Å². The maximum atomic E-state index is 12.2. The minimum atomic E-state index is -0.286. The molecule has 11 heteroatoms. The lowest BCUT2D eigenvalue weighted by Crippen LogP contribution is -2.36. The molecule has 0 aliphatic carbocycles. The first kappa shape index (κ1) is 23.1. The maximum absolute atomic E-state index is 12.2. The number of rotatable bonds is 8. The average Bonchev–Trinajstić information content (AvgIpc) is 3.18. The number of carbonyl (C=O) groups is 1. The number of methoxy groups -OCH3 is 1. The van der Waals surface area contributed by atoms with Crippen LogP contribution in [0.2, 0.25) is 5.02 Å². The van der Waals surface area contributed by atoms with Gasteiger partial charge in [0.2, 0.25) is 0 Å². The van der Waals surface area contributed by atoms with Gasteiger partial charge in [0.25, 0.3) is 11.7 Å². The SMILES string of the molecule is CC[n+]1c(SCC(=O)NN=Cc2cc(Br)c([O-])c(OC)c2)n[nH]c1-c1ccc(Cl)cc1. The zero-order chi connectivity index (χ0) is 22.4. The number of hydrogen-bond donors (Lipinski definition) is 2. The summed E-state index contributed by atoms with van der Waals surface area (Å²) in [5, 5.41) is 24.4. The molecule has 0 saturated carbocycles. The van der Waals surface area contributed by atoms with Crippen LogP contribution in [0.5, 0.6) is 11.5 Å². The Balaban J connectivity index is 1.61. The van der Waals surface area contributed by atoms with Crippen molar-refractivity contribution in [1.82, 2.24) is 15.6 Å². The van der Waals surface area contributed by atoms with Crippen molar-refractivity contribution in [2.75, 3.05) is 12.9 Å². The van der Waals surface area contributed by atoms with Gasteiger partial charge in [-0.2, -0.15) is 5.10 Å². The monoisotopic (exact) mass is 523 g/mol. The number of H-pyrrole nitrogens is 1. The molecule has 3 aromatic rings. The molecule has 0 atom stereocenters. The van der Waals surface area contributed by atoms with E-state index in [0.29, 0.717) is 26.8 Å². The third kappa shape index (κ3) is 5.78. The van der Waals surface area contributed by atoms with Gasteiger partial charge in [-0.05, 0) is 60.6 Å². The smallest absolute Gasteiger partial charge is 0.337 e. The summed E-state index contributed by atoms with van der Waals surface area (Å²) in [6.07, 6.45) is 1.44. The minimum Gasteiger partial charge on any atom is -0.869 e. The number of aromatic amines is 1. The number of ether oxygens (including phenoxy) is 1. The number of nitrogens with one attached hydrogen (secondary N) is 2. The molecule has 0 radical (unpaired) electrons. The number of halogens is 2. The Morgan fingerprint density at radius 3 is 2.84 bits per heavy atom. The van der Waals surface area contributed by atoms with Crippen molar-refractivity contribution in [3.05, 3.63) is 51.5 Å². The van der Waals surface area contributed by atoms with Gasteiger partial charge in [-0.15, -0.1) is 5.10 Å². The molecule has 0 aliphatic rings. The van der Waals surface area contributed by atoms with E-state index in [-0.39, 0.29) is 23.2 Å². The number of nitrogens with zero attached hydrogens (tertiary/aromatic N) is 3. The van der Waals surface area contributed by atoms with E-state index >= 15 is 0 Å². The third-order valence-corrected chi connectivity index (χ3v) is 6.00. The summed E-state index contributed by atoms with van der Waals surface area (Å²) < 4.78 is 7.37. The van der Waals surface area contributed by atoms with Gasteiger partial charge in [0, 0.05) is 9.50 Å². The van der Waals surface area contributed by atoms with Crippen LogP contribution in [0.15, 0.2) is 51.1 Å². The minimum absolute atomic E-state index is 0.134. The predicted octanol–water partition coefficient (Wildman–Crippen LogP) is 3.12. The molecular weight excluding hydrogens is 506 g/mol. The normalized spacial score (nSPS) is 11.1. The van der Waals surface area contributed by atoms with Gasteiger partial charge in [-0.1, -0.05) is 33.3 Å². The first-order chi connectivity index (χ1) is 14.9. The van der Waals surface area contributed by atoms with Crippen LogP contribution in [-0.2, 0) is 11.3 Å². The first-order valence-corrected chi connectivity index (χ1v) is 11.3. The van der Waals surface area contributed by atoms with E-state index < -0.39 is 0 Å². The lowest BCUT2D eigenvalue weighted by atomic mass is 10.2. The Hall–Kier alpha value is -2.56. The molecular formula is C20H19BrClN5O3S. The number of hydrazone groups is 1. The second kappa shape index (κ2) is 10.7. The number of hydrogen-bond acceptors (Lipinski definition) is 6. The second-order valence-corrected chi connectivity index (χ2v) is 8.46. The largest absolute Gasteiger partial charge is 0.869 e. The standard InChI is InChI=1S/C20H19BrClN5O3S/c1-3-27-19(13-4-6-14(22)7-5-13)25-26-20(27)31-11-17(28)24-23-10-12-8-15(21)18(29)16(9-12)30-2/h4-10H,3,11H2,1-2H3,(H2,23,24,28,29). The van der Waals surface area contributed by atoms with Crippen molar-refractivity contribution in [2.45, 2.75) is 18.6 Å². The molecule has 0 spiro atoms. The quantitative estimate of drug-likeness (QED) is 0.204. The van der Waals surface area contributed by atoms with Crippen LogP contribution in [0.3, 0.4) is 0 Å². The fourth-order valence-electron chi connectivity index (χ4n) is 2.70. The molecule has 0 saturated heterocycles. The van der Waals surface area contributed by atoms with Crippen LogP contribution < -0.4 is 19.8 Å². The van der Waals surface area contributed by atoms with Gasteiger partial charge < -0.3 is 9.84 Å². The molecule has 0 fully saturated rings. The van der Waals surface area contributed by atoms with Gasteiger partial charge in [0.05, 0.1) is 36.3 Å². The highest BCUT2D eigenvalue weighted by Crippen LogP contribution is 2.32. The summed E-state index contributed by atoms with van der Waals surface area (Å²) in [4.78, 5) is 12.2. The maximum Gasteiger partial charge on any atom is 0.337 e. The predicted molar refractivity (Wildman–Crippen MR) is 122 cm³/mol. The van der Waals surface area contributed by atoms with Gasteiger partial charge >= 0.3 is 5.16 Å². The molecule has 0 aliphatic heterocycles. The van der Waals surface area contributed by atoms with E-state index in [9.17, 15) is 9.90 Å². The fourth-order valence-corrected chi connectivity index (χ4v) is 4.10. The highest BCUT2D eigenvalue weighted by molar-refractivity contribution is 9.10. The third-order valence-electron chi connectivity index (χ3n) is 4.18. The number of thioether (sulfide) groups is 1. The van der Waals surface area contributed by atoms with Gasteiger partial charge in [-0.25, -0.2) is 9.99 Å². The summed E-state index contributed by atoms with van der Waals surface area (Å²) in [7, 11) is 1.42. The van der Waals surface area contributed by atoms with E-state index in [1.807, 2.05) is 35.8 Å². The Bertz CT molecular complexity index is 1100. The van der Waals surface area contributed by atoms with Crippen LogP contribution in [0, 0.1) is 0 Å². The molecule has 8 nitrogen and oxygen atoms in total. The fraction of sp³-hybridized carbons (Fsp3) is 0.200. The Morgan fingerprint density at radius 2 is 2.16 bits per heavy atom. The molecule has 2 aromatic carbocycles. The van der Waals surface area contributed by atoms with Gasteiger partial charge in [0.1, 0.15) is 5.75 Å². The summed E-state index contributed by atoms with van der Waals surface area (Å²) >= 11 is 10.4. The second-order valence-electron chi connectivity index (χ2n) is 6.22. The molecule has 1 heterocycles. The molecule has 162 valence electrons. The zero-order valence-corrected chi connectivity index (χ0v) is 19.8. The van der Waals surface area contributed by atoms with Crippen molar-refractivity contribution >= 4 is 51.4 Å². The van der Waals surface area contributed by atoms with Crippen LogP contribution in [-0.4, -0.2) is 35.2 Å². The molecule has 3 rings (SSSR count). The number of amides is 1. The van der Waals surface area contributed by atoms with Crippen molar-refractivity contribution in [3.63, 3.8) is 0 Å². The zero-order valence-electron chi connectivity index (χ0n) is 16.7. The van der Waals surface area contributed by atoms with Crippen molar-refractivity contribution < 1.29 is 19.2 Å². The number of benzene rings is 2. The number of carbonyl (C=O) groups excluding carboxylic acids is 1. The molecule has 1 aromatic heterocycles. The van der Waals surface area contributed by atoms with Crippen LogP contribution in [0.1, 0.15) is 12.5 Å². The summed E-state index contributed by atoms with van der Waals surface area (Å²) in [6, 6.07) is 10.6. The lowest BCUT2D eigenvalue weighted by molar-refractivity contribution is -0.719. The first-order valence-electron chi connectivity index (χ1n) is 9.16. The Morgan fingerprint density at radius 1 is 1.42 bits per heavy atom. The van der Waals surface area contributed by atoms with Crippen molar-refractivity contribution in [2.24, 2.45) is 5.10 Å². The van der Waals surface area contributed by atoms with E-state index in [2.05, 4.69) is 36.7 Å². The highest BCUT2D eigenvalue weighted by Gasteiger charge is 2.21. The van der Waals surface area contributed by atoms with E-state index in [1.54, 1.807) is 12.1 Å². The topological polar surface area (TPSA) is 106 Å². The molecule has 0 unspecified atom stereocenters. The Labute approximate surface area is 196 Å². The average molecular weight is 525 g/mol. The lowest BCUT2D eigenvalue weighted by Gasteiger charge is -2.14. The molecule has 0 bridgehead atoms.